The van der Waals surface area contributed by atoms with Gasteiger partial charge in [0.1, 0.15) is 5.92 Å². The number of carbonyl (C=O) groups excluding carboxylic acids is 1. The summed E-state index contributed by atoms with van der Waals surface area (Å²) in [6, 6.07) is 6.18. The summed E-state index contributed by atoms with van der Waals surface area (Å²) in [6.45, 7) is -1.58. The maximum absolute atomic E-state index is 12.6. The van der Waals surface area contributed by atoms with Gasteiger partial charge in [0.15, 0.2) is 12.9 Å². The van der Waals surface area contributed by atoms with Crippen LogP contribution in [0.1, 0.15) is 29.0 Å². The first-order valence-electron chi connectivity index (χ1n) is 8.15. The first-order chi connectivity index (χ1) is 13.7. The molecule has 0 saturated heterocycles. The average molecular weight is 479 g/mol. The highest BCUT2D eigenvalue weighted by molar-refractivity contribution is 9.10. The molecule has 0 bridgehead atoms. The molecule has 158 valence electrons. The average Bonchev–Trinajstić information content (AvgIpc) is 2.69. The highest BCUT2D eigenvalue weighted by Gasteiger charge is 2.33. The van der Waals surface area contributed by atoms with Crippen LogP contribution < -0.4 is 4.74 Å². The number of methoxy groups -OCH3 is 3. The molecule has 0 aliphatic rings. The number of esters is 1. The first-order valence-corrected chi connectivity index (χ1v) is 8.94. The fourth-order valence-corrected chi connectivity index (χ4v) is 2.81. The molecule has 0 spiro atoms. The number of alkyl halides is 3. The van der Waals surface area contributed by atoms with Gasteiger partial charge in [0.25, 0.3) is 0 Å². The van der Waals surface area contributed by atoms with Crippen LogP contribution in [0.5, 0.6) is 6.01 Å². The number of carbonyl (C=O) groups is 1. The summed E-state index contributed by atoms with van der Waals surface area (Å²) < 4.78 is 58.3. The second-order valence-electron chi connectivity index (χ2n) is 5.71. The molecule has 0 amide bonds. The Kier molecular flexibility index (Phi) is 7.94. The first kappa shape index (κ1) is 23.0. The van der Waals surface area contributed by atoms with Gasteiger partial charge in [0.05, 0.1) is 12.8 Å². The van der Waals surface area contributed by atoms with E-state index in [2.05, 4.69) is 30.6 Å². The highest BCUT2D eigenvalue weighted by Crippen LogP contribution is 2.33. The Labute approximate surface area is 173 Å². The van der Waals surface area contributed by atoms with Crippen molar-refractivity contribution in [2.24, 2.45) is 0 Å². The predicted molar refractivity (Wildman–Crippen MR) is 98.3 cm³/mol. The van der Waals surface area contributed by atoms with Gasteiger partial charge in [-0.05, 0) is 17.7 Å². The van der Waals surface area contributed by atoms with Crippen LogP contribution in [0, 0.1) is 0 Å². The Morgan fingerprint density at radius 1 is 1.14 bits per heavy atom. The van der Waals surface area contributed by atoms with Crippen LogP contribution in [-0.2, 0) is 19.0 Å². The van der Waals surface area contributed by atoms with Gasteiger partial charge in [-0.3, -0.25) is 4.79 Å². The third-order valence-corrected chi connectivity index (χ3v) is 4.32. The number of hydrogen-bond acceptors (Lipinski definition) is 7. The Bertz CT molecular complexity index is 829. The van der Waals surface area contributed by atoms with E-state index in [0.717, 1.165) is 4.47 Å². The van der Waals surface area contributed by atoms with E-state index in [-0.39, 0.29) is 11.3 Å². The summed E-state index contributed by atoms with van der Waals surface area (Å²) in [5.74, 6) is -1.76. The standard InChI is InChI=1S/C18H18BrF3N2O5/c1-26-15(25)13(10-4-6-11(19)7-5-10)14-12(16(27-2)28-3)8-23-17(24-14)29-9-18(20,21)22/h4-8,13,16H,9H2,1-3H3. The van der Waals surface area contributed by atoms with Crippen LogP contribution in [0.4, 0.5) is 13.2 Å². The summed E-state index contributed by atoms with van der Waals surface area (Å²) in [7, 11) is 3.91. The van der Waals surface area contributed by atoms with Crippen molar-refractivity contribution >= 4 is 21.9 Å². The lowest BCUT2D eigenvalue weighted by Gasteiger charge is -2.22. The maximum atomic E-state index is 12.6. The summed E-state index contributed by atoms with van der Waals surface area (Å²) in [6.07, 6.45) is -4.35. The molecule has 1 aromatic heterocycles. The summed E-state index contributed by atoms with van der Waals surface area (Å²) in [4.78, 5) is 20.4. The van der Waals surface area contributed by atoms with E-state index in [1.54, 1.807) is 24.3 Å². The van der Waals surface area contributed by atoms with E-state index in [1.807, 2.05) is 0 Å². The zero-order valence-electron chi connectivity index (χ0n) is 15.7. The van der Waals surface area contributed by atoms with Gasteiger partial charge in [0.2, 0.25) is 0 Å². The molecule has 1 unspecified atom stereocenters. The second-order valence-corrected chi connectivity index (χ2v) is 6.62. The predicted octanol–water partition coefficient (Wildman–Crippen LogP) is 3.78. The van der Waals surface area contributed by atoms with Crippen LogP contribution in [0.15, 0.2) is 34.9 Å². The number of halogens is 4. The minimum Gasteiger partial charge on any atom is -0.468 e. The van der Waals surface area contributed by atoms with Crippen molar-refractivity contribution in [3.8, 4) is 6.01 Å². The molecular weight excluding hydrogens is 461 g/mol. The fraction of sp³-hybridized carbons (Fsp3) is 0.389. The smallest absolute Gasteiger partial charge is 0.422 e. The van der Waals surface area contributed by atoms with Gasteiger partial charge in [0, 0.05) is 30.5 Å². The molecule has 1 heterocycles. The third-order valence-electron chi connectivity index (χ3n) is 3.79. The Balaban J connectivity index is 2.60. The SMILES string of the molecule is COC(=O)C(c1ccc(Br)cc1)c1nc(OCC(F)(F)F)ncc1C(OC)OC. The lowest BCUT2D eigenvalue weighted by Crippen LogP contribution is -2.23. The number of nitrogens with zero attached hydrogens (tertiary/aromatic N) is 2. The molecule has 0 aliphatic heterocycles. The molecule has 29 heavy (non-hydrogen) atoms. The van der Waals surface area contributed by atoms with E-state index in [9.17, 15) is 18.0 Å². The number of ether oxygens (including phenoxy) is 4. The zero-order chi connectivity index (χ0) is 21.6. The van der Waals surface area contributed by atoms with E-state index >= 15 is 0 Å². The second kappa shape index (κ2) is 9.99. The van der Waals surface area contributed by atoms with E-state index in [0.29, 0.717) is 5.56 Å². The van der Waals surface area contributed by atoms with Gasteiger partial charge in [-0.2, -0.15) is 18.2 Å². The van der Waals surface area contributed by atoms with Crippen LogP contribution in [-0.4, -0.2) is 50.0 Å². The topological polar surface area (TPSA) is 79.8 Å². The highest BCUT2D eigenvalue weighted by atomic mass is 79.9. The lowest BCUT2D eigenvalue weighted by molar-refractivity contribution is -0.155. The third kappa shape index (κ3) is 6.12. The molecule has 1 atom stereocenters. The zero-order valence-corrected chi connectivity index (χ0v) is 17.3. The van der Waals surface area contributed by atoms with Crippen LogP contribution >= 0.6 is 15.9 Å². The number of aromatic nitrogens is 2. The van der Waals surface area contributed by atoms with Gasteiger partial charge >= 0.3 is 18.2 Å². The molecule has 0 fully saturated rings. The molecule has 0 saturated carbocycles. The molecule has 0 aliphatic carbocycles. The van der Waals surface area contributed by atoms with Crippen molar-refractivity contribution in [2.75, 3.05) is 27.9 Å². The molecule has 11 heteroatoms. The monoisotopic (exact) mass is 478 g/mol. The van der Waals surface area contributed by atoms with Crippen LogP contribution in [0.25, 0.3) is 0 Å². The van der Waals surface area contributed by atoms with Crippen molar-refractivity contribution in [1.82, 2.24) is 9.97 Å². The summed E-state index contributed by atoms with van der Waals surface area (Å²) in [5.41, 5.74) is 0.778. The van der Waals surface area contributed by atoms with Crippen molar-refractivity contribution in [3.63, 3.8) is 0 Å². The molecule has 0 radical (unpaired) electrons. The molecule has 7 nitrogen and oxygen atoms in total. The fourth-order valence-electron chi connectivity index (χ4n) is 2.54. The molecule has 2 aromatic rings. The number of hydrogen-bond donors (Lipinski definition) is 0. The molecular formula is C18H18BrF3N2O5. The van der Waals surface area contributed by atoms with Gasteiger partial charge in [-0.25, -0.2) is 4.98 Å². The normalized spacial score (nSPS) is 12.7. The minimum absolute atomic E-state index is 0.0417. The molecule has 1 aromatic carbocycles. The Morgan fingerprint density at radius 2 is 1.76 bits per heavy atom. The van der Waals surface area contributed by atoms with Crippen molar-refractivity contribution in [2.45, 2.75) is 18.4 Å². The van der Waals surface area contributed by atoms with Gasteiger partial charge < -0.3 is 18.9 Å². The minimum atomic E-state index is -4.57. The van der Waals surface area contributed by atoms with E-state index in [1.165, 1.54) is 27.5 Å². The van der Waals surface area contributed by atoms with E-state index in [4.69, 9.17) is 14.2 Å². The van der Waals surface area contributed by atoms with E-state index < -0.39 is 37.0 Å². The van der Waals surface area contributed by atoms with Crippen molar-refractivity contribution in [3.05, 3.63) is 51.8 Å². The van der Waals surface area contributed by atoms with Crippen molar-refractivity contribution < 1.29 is 36.9 Å². The van der Waals surface area contributed by atoms with Crippen LogP contribution in [0.2, 0.25) is 0 Å². The number of rotatable bonds is 8. The lowest BCUT2D eigenvalue weighted by atomic mass is 9.92. The summed E-state index contributed by atoms with van der Waals surface area (Å²) >= 11 is 3.31. The quantitative estimate of drug-likeness (QED) is 0.421. The maximum Gasteiger partial charge on any atom is 0.422 e. The largest absolute Gasteiger partial charge is 0.468 e. The Morgan fingerprint density at radius 3 is 2.28 bits per heavy atom. The van der Waals surface area contributed by atoms with Gasteiger partial charge in [-0.15, -0.1) is 0 Å². The number of benzene rings is 1. The molecule has 0 N–H and O–H groups in total. The van der Waals surface area contributed by atoms with Crippen LogP contribution in [0.3, 0.4) is 0 Å². The molecule has 2 rings (SSSR count). The van der Waals surface area contributed by atoms with Crippen molar-refractivity contribution in [1.29, 1.82) is 0 Å². The van der Waals surface area contributed by atoms with Gasteiger partial charge in [-0.1, -0.05) is 28.1 Å². The summed E-state index contributed by atoms with van der Waals surface area (Å²) in [5, 5.41) is 0. The Hall–Kier alpha value is -2.24.